The van der Waals surface area contributed by atoms with Crippen molar-refractivity contribution in [3.8, 4) is 5.69 Å². The molecular weight excluding hydrogens is 362 g/mol. The average molecular weight is 382 g/mol. The van der Waals surface area contributed by atoms with Gasteiger partial charge in [-0.25, -0.2) is 9.67 Å². The Morgan fingerprint density at radius 2 is 2.04 bits per heavy atom. The molecule has 0 aliphatic heterocycles. The molecule has 138 valence electrons. The third kappa shape index (κ3) is 4.46. The van der Waals surface area contributed by atoms with Crippen molar-refractivity contribution in [3.63, 3.8) is 0 Å². The Bertz CT molecular complexity index is 937. The molecule has 0 unspecified atom stereocenters. The Labute approximate surface area is 162 Å². The van der Waals surface area contributed by atoms with Crippen LogP contribution in [0.1, 0.15) is 28.9 Å². The van der Waals surface area contributed by atoms with E-state index in [2.05, 4.69) is 20.7 Å². The Morgan fingerprint density at radius 3 is 2.81 bits per heavy atom. The van der Waals surface area contributed by atoms with E-state index in [0.717, 1.165) is 24.2 Å². The number of benzene rings is 1. The summed E-state index contributed by atoms with van der Waals surface area (Å²) in [7, 11) is 0. The summed E-state index contributed by atoms with van der Waals surface area (Å²) in [5.74, 6) is 0.484. The number of halogens is 1. The molecule has 6 nitrogen and oxygen atoms in total. The highest BCUT2D eigenvalue weighted by Gasteiger charge is 2.22. The Kier molecular flexibility index (Phi) is 5.07. The zero-order valence-corrected chi connectivity index (χ0v) is 15.5. The van der Waals surface area contributed by atoms with Gasteiger partial charge < -0.3 is 10.6 Å². The molecular formula is C20H20ClN5O. The third-order valence-electron chi connectivity index (χ3n) is 4.36. The summed E-state index contributed by atoms with van der Waals surface area (Å²) in [4.78, 5) is 16.7. The summed E-state index contributed by atoms with van der Waals surface area (Å²) in [5, 5.41) is 11.1. The fourth-order valence-electron chi connectivity index (χ4n) is 2.75. The minimum Gasteiger partial charge on any atom is -0.367 e. The van der Waals surface area contributed by atoms with Crippen LogP contribution in [0.15, 0.2) is 54.9 Å². The quantitative estimate of drug-likeness (QED) is 0.657. The molecule has 1 saturated carbocycles. The van der Waals surface area contributed by atoms with E-state index in [4.69, 9.17) is 11.6 Å². The minimum atomic E-state index is -0.205. The van der Waals surface area contributed by atoms with Crippen molar-refractivity contribution >= 4 is 23.3 Å². The van der Waals surface area contributed by atoms with Crippen LogP contribution in [-0.2, 0) is 6.42 Å². The van der Waals surface area contributed by atoms with Gasteiger partial charge in [-0.05, 0) is 37.1 Å². The van der Waals surface area contributed by atoms with Crippen molar-refractivity contribution in [2.45, 2.75) is 25.3 Å². The van der Waals surface area contributed by atoms with E-state index in [-0.39, 0.29) is 5.91 Å². The van der Waals surface area contributed by atoms with Crippen LogP contribution in [0.2, 0.25) is 5.02 Å². The van der Waals surface area contributed by atoms with Crippen LogP contribution in [-0.4, -0.2) is 33.3 Å². The minimum absolute atomic E-state index is 0.205. The van der Waals surface area contributed by atoms with Crippen molar-refractivity contribution in [2.75, 3.05) is 11.9 Å². The number of anilines is 1. The smallest absolute Gasteiger partial charge is 0.253 e. The van der Waals surface area contributed by atoms with Crippen molar-refractivity contribution < 1.29 is 4.79 Å². The number of hydrogen-bond donors (Lipinski definition) is 2. The van der Waals surface area contributed by atoms with Crippen LogP contribution in [0, 0.1) is 0 Å². The highest BCUT2D eigenvalue weighted by Crippen LogP contribution is 2.25. The molecule has 1 aliphatic rings. The molecule has 0 bridgehead atoms. The number of hydrogen-bond acceptors (Lipinski definition) is 4. The van der Waals surface area contributed by atoms with Crippen molar-refractivity contribution in [2.24, 2.45) is 0 Å². The summed E-state index contributed by atoms with van der Waals surface area (Å²) in [5.41, 5.74) is 2.35. The number of carbonyl (C=O) groups excluding carboxylic acids is 1. The molecule has 0 radical (unpaired) electrons. The molecule has 0 spiro atoms. The molecule has 2 aromatic heterocycles. The standard InChI is InChI=1S/C20H20ClN5O/c21-18-13-23-19(24-14-6-7-14)12-17(18)20(27)22-10-8-15-9-11-26(25-15)16-4-2-1-3-5-16/h1-5,9,11-14H,6-8,10H2,(H,22,27)(H,23,24). The maximum Gasteiger partial charge on any atom is 0.253 e. The van der Waals surface area contributed by atoms with Gasteiger partial charge in [-0.15, -0.1) is 0 Å². The van der Waals surface area contributed by atoms with Crippen molar-refractivity contribution in [1.29, 1.82) is 0 Å². The Morgan fingerprint density at radius 1 is 1.22 bits per heavy atom. The predicted octanol–water partition coefficient (Wildman–Crippen LogP) is 3.47. The van der Waals surface area contributed by atoms with Crippen molar-refractivity contribution in [1.82, 2.24) is 20.1 Å². The third-order valence-corrected chi connectivity index (χ3v) is 4.66. The van der Waals surface area contributed by atoms with Crippen molar-refractivity contribution in [3.05, 3.63) is 71.1 Å². The second-order valence-electron chi connectivity index (χ2n) is 6.56. The number of rotatable bonds is 7. The molecule has 2 heterocycles. The Hall–Kier alpha value is -2.86. The highest BCUT2D eigenvalue weighted by atomic mass is 35.5. The maximum absolute atomic E-state index is 12.5. The lowest BCUT2D eigenvalue weighted by Crippen LogP contribution is -2.26. The van der Waals surface area contributed by atoms with E-state index < -0.39 is 0 Å². The molecule has 4 rings (SSSR count). The molecule has 7 heteroatoms. The lowest BCUT2D eigenvalue weighted by molar-refractivity contribution is 0.0954. The highest BCUT2D eigenvalue weighted by molar-refractivity contribution is 6.33. The van der Waals surface area contributed by atoms with E-state index in [1.807, 2.05) is 47.3 Å². The number of nitrogens with one attached hydrogen (secondary N) is 2. The van der Waals surface area contributed by atoms with E-state index in [1.54, 1.807) is 6.07 Å². The summed E-state index contributed by atoms with van der Waals surface area (Å²) in [6.07, 6.45) is 6.36. The molecule has 27 heavy (non-hydrogen) atoms. The molecule has 3 aromatic rings. The summed E-state index contributed by atoms with van der Waals surface area (Å²) >= 11 is 6.14. The van der Waals surface area contributed by atoms with Gasteiger partial charge in [0, 0.05) is 31.4 Å². The maximum atomic E-state index is 12.5. The number of para-hydroxylation sites is 1. The van der Waals surface area contributed by atoms with Gasteiger partial charge in [-0.1, -0.05) is 29.8 Å². The fraction of sp³-hybridized carbons (Fsp3) is 0.250. The van der Waals surface area contributed by atoms with Crippen LogP contribution < -0.4 is 10.6 Å². The number of amides is 1. The molecule has 1 aliphatic carbocycles. The van der Waals surface area contributed by atoms with Crippen LogP contribution in [0.4, 0.5) is 5.82 Å². The second-order valence-corrected chi connectivity index (χ2v) is 6.97. The first-order valence-electron chi connectivity index (χ1n) is 8.99. The topological polar surface area (TPSA) is 71.8 Å². The van der Waals surface area contributed by atoms with E-state index in [0.29, 0.717) is 35.4 Å². The Balaban J connectivity index is 1.34. The summed E-state index contributed by atoms with van der Waals surface area (Å²) < 4.78 is 1.83. The number of carbonyl (C=O) groups is 1. The van der Waals surface area contributed by atoms with E-state index in [1.165, 1.54) is 6.20 Å². The lowest BCUT2D eigenvalue weighted by Gasteiger charge is -2.09. The molecule has 1 aromatic carbocycles. The van der Waals surface area contributed by atoms with Gasteiger partial charge in [0.15, 0.2) is 0 Å². The molecule has 0 atom stereocenters. The van der Waals surface area contributed by atoms with Crippen LogP contribution >= 0.6 is 11.6 Å². The number of pyridine rings is 1. The zero-order valence-electron chi connectivity index (χ0n) is 14.7. The van der Waals surface area contributed by atoms with Gasteiger partial charge in [-0.2, -0.15) is 5.10 Å². The number of aromatic nitrogens is 3. The second kappa shape index (κ2) is 7.80. The van der Waals surface area contributed by atoms with Gasteiger partial charge in [0.05, 0.1) is 22.0 Å². The normalized spacial score (nSPS) is 13.4. The van der Waals surface area contributed by atoms with Gasteiger partial charge >= 0.3 is 0 Å². The first kappa shape index (κ1) is 17.5. The first-order chi connectivity index (χ1) is 13.2. The van der Waals surface area contributed by atoms with Gasteiger partial charge in [0.1, 0.15) is 5.82 Å². The first-order valence-corrected chi connectivity index (χ1v) is 9.37. The average Bonchev–Trinajstić information content (AvgIpc) is 3.38. The van der Waals surface area contributed by atoms with Crippen LogP contribution in [0.3, 0.4) is 0 Å². The summed E-state index contributed by atoms with van der Waals surface area (Å²) in [6.45, 7) is 0.481. The largest absolute Gasteiger partial charge is 0.367 e. The van der Waals surface area contributed by atoms with Crippen LogP contribution in [0.25, 0.3) is 5.69 Å². The number of nitrogens with zero attached hydrogens (tertiary/aromatic N) is 3. The fourth-order valence-corrected chi connectivity index (χ4v) is 2.94. The summed E-state index contributed by atoms with van der Waals surface area (Å²) in [6, 6.07) is 14.0. The van der Waals surface area contributed by atoms with Gasteiger partial charge in [-0.3, -0.25) is 4.79 Å². The van der Waals surface area contributed by atoms with E-state index >= 15 is 0 Å². The van der Waals surface area contributed by atoms with Crippen LogP contribution in [0.5, 0.6) is 0 Å². The zero-order chi connectivity index (χ0) is 18.6. The molecule has 1 amide bonds. The lowest BCUT2D eigenvalue weighted by atomic mass is 10.2. The predicted molar refractivity (Wildman–Crippen MR) is 105 cm³/mol. The SMILES string of the molecule is O=C(NCCc1ccn(-c2ccccc2)n1)c1cc(NC2CC2)ncc1Cl. The van der Waals surface area contributed by atoms with Gasteiger partial charge in [0.25, 0.3) is 5.91 Å². The molecule has 0 saturated heterocycles. The molecule has 1 fully saturated rings. The van der Waals surface area contributed by atoms with E-state index in [9.17, 15) is 4.79 Å². The van der Waals surface area contributed by atoms with Gasteiger partial charge in [0.2, 0.25) is 0 Å². The molecule has 2 N–H and O–H groups in total. The monoisotopic (exact) mass is 381 g/mol.